The molecule has 34 heavy (non-hydrogen) atoms. The van der Waals surface area contributed by atoms with E-state index in [1.807, 2.05) is 48.3 Å². The molecule has 0 bridgehead atoms. The van der Waals surface area contributed by atoms with Crippen molar-refractivity contribution in [3.05, 3.63) is 53.9 Å². The summed E-state index contributed by atoms with van der Waals surface area (Å²) < 4.78 is 16.3. The Bertz CT molecular complexity index is 1180. The molecule has 1 aliphatic heterocycles. The van der Waals surface area contributed by atoms with Gasteiger partial charge in [-0.05, 0) is 49.6 Å². The first kappa shape index (κ1) is 22.1. The van der Waals surface area contributed by atoms with Crippen LogP contribution in [-0.2, 0) is 22.4 Å². The number of carbonyl (C=O) groups is 1. The van der Waals surface area contributed by atoms with E-state index in [1.165, 1.54) is 0 Å². The third-order valence-corrected chi connectivity index (χ3v) is 5.90. The number of anilines is 2. The molecule has 0 atom stereocenters. The van der Waals surface area contributed by atoms with E-state index in [9.17, 15) is 4.79 Å². The molecule has 3 heterocycles. The number of pyridine rings is 1. The monoisotopic (exact) mass is 461 g/mol. The number of fused-ring (bicyclic) bond motifs is 1. The summed E-state index contributed by atoms with van der Waals surface area (Å²) >= 11 is 0. The molecule has 1 aliphatic carbocycles. The van der Waals surface area contributed by atoms with Gasteiger partial charge in [0.1, 0.15) is 29.1 Å². The molecule has 1 N–H and O–H groups in total. The Labute approximate surface area is 198 Å². The Morgan fingerprint density at radius 2 is 1.97 bits per heavy atom. The first-order chi connectivity index (χ1) is 16.6. The number of rotatable bonds is 8. The highest BCUT2D eigenvalue weighted by Gasteiger charge is 2.24. The van der Waals surface area contributed by atoms with Gasteiger partial charge in [-0.2, -0.15) is 0 Å². The first-order valence-corrected chi connectivity index (χ1v) is 11.3. The third kappa shape index (κ3) is 4.79. The van der Waals surface area contributed by atoms with Gasteiger partial charge in [0.05, 0.1) is 26.9 Å². The minimum atomic E-state index is -0.129. The number of aryl methyl sites for hydroxylation is 1. The van der Waals surface area contributed by atoms with Crippen LogP contribution in [0.15, 0.2) is 42.6 Å². The van der Waals surface area contributed by atoms with Crippen LogP contribution in [0.25, 0.3) is 11.5 Å². The predicted octanol–water partition coefficient (Wildman–Crippen LogP) is 2.89. The molecule has 2 aliphatic rings. The van der Waals surface area contributed by atoms with Crippen LogP contribution in [0, 0.1) is 0 Å². The lowest BCUT2D eigenvalue weighted by Gasteiger charge is -2.26. The average molecular weight is 462 g/mol. The standard InChI is InChI=1S/C25H27N5O4/c1-30(13-23(31)27-16-6-8-17(32-2)9-7-16)25-20-4-3-5-21(20)28-24(29-25)22-12-18(10-11-26-22)34-19-14-33-15-19/h6-12,19H,3-5,13-15H2,1-2H3,(H,27,31). The van der Waals surface area contributed by atoms with E-state index in [1.54, 1.807) is 13.3 Å². The zero-order valence-corrected chi connectivity index (χ0v) is 19.3. The van der Waals surface area contributed by atoms with Crippen molar-refractivity contribution in [3.63, 3.8) is 0 Å². The molecule has 0 saturated carbocycles. The smallest absolute Gasteiger partial charge is 0.243 e. The van der Waals surface area contributed by atoms with Gasteiger partial charge >= 0.3 is 0 Å². The number of likely N-dealkylation sites (N-methyl/N-ethyl adjacent to an activating group) is 1. The summed E-state index contributed by atoms with van der Waals surface area (Å²) in [5, 5.41) is 2.93. The zero-order valence-electron chi connectivity index (χ0n) is 19.3. The van der Waals surface area contributed by atoms with Crippen molar-refractivity contribution < 1.29 is 19.0 Å². The maximum Gasteiger partial charge on any atom is 0.243 e. The predicted molar refractivity (Wildman–Crippen MR) is 127 cm³/mol. The molecule has 9 nitrogen and oxygen atoms in total. The van der Waals surface area contributed by atoms with Crippen LogP contribution >= 0.6 is 0 Å². The summed E-state index contributed by atoms with van der Waals surface area (Å²) in [4.78, 5) is 28.7. The molecule has 2 aromatic heterocycles. The van der Waals surface area contributed by atoms with Crippen LogP contribution in [0.5, 0.6) is 11.5 Å². The normalized spacial score (nSPS) is 14.8. The van der Waals surface area contributed by atoms with E-state index < -0.39 is 0 Å². The van der Waals surface area contributed by atoms with E-state index >= 15 is 0 Å². The maximum absolute atomic E-state index is 12.7. The number of methoxy groups -OCH3 is 1. The number of benzene rings is 1. The van der Waals surface area contributed by atoms with Gasteiger partial charge in [-0.15, -0.1) is 0 Å². The quantitative estimate of drug-likeness (QED) is 0.547. The molecule has 0 unspecified atom stereocenters. The number of nitrogens with one attached hydrogen (secondary N) is 1. The topological polar surface area (TPSA) is 98.7 Å². The number of aromatic nitrogens is 3. The Hall–Kier alpha value is -3.72. The number of hydrogen-bond donors (Lipinski definition) is 1. The van der Waals surface area contributed by atoms with Crippen molar-refractivity contribution in [2.45, 2.75) is 25.4 Å². The lowest BCUT2D eigenvalue weighted by Crippen LogP contribution is -2.38. The highest BCUT2D eigenvalue weighted by Crippen LogP contribution is 2.31. The van der Waals surface area contributed by atoms with Gasteiger partial charge in [0.25, 0.3) is 0 Å². The highest BCUT2D eigenvalue weighted by molar-refractivity contribution is 5.94. The molecule has 1 fully saturated rings. The summed E-state index contributed by atoms with van der Waals surface area (Å²) in [5.41, 5.74) is 3.47. The molecule has 9 heteroatoms. The average Bonchev–Trinajstić information content (AvgIpc) is 3.30. The Morgan fingerprint density at radius 1 is 1.15 bits per heavy atom. The van der Waals surface area contributed by atoms with Gasteiger partial charge in [0.15, 0.2) is 5.82 Å². The molecular weight excluding hydrogens is 434 g/mol. The Kier molecular flexibility index (Phi) is 6.27. The Balaban J connectivity index is 1.35. The van der Waals surface area contributed by atoms with Gasteiger partial charge in [-0.25, -0.2) is 9.97 Å². The van der Waals surface area contributed by atoms with Crippen molar-refractivity contribution in [1.82, 2.24) is 15.0 Å². The minimum Gasteiger partial charge on any atom is -0.497 e. The summed E-state index contributed by atoms with van der Waals surface area (Å²) in [6.45, 7) is 1.36. The van der Waals surface area contributed by atoms with Gasteiger partial charge < -0.3 is 24.4 Å². The minimum absolute atomic E-state index is 0.0714. The number of carbonyl (C=O) groups excluding carboxylic acids is 1. The molecule has 1 aromatic carbocycles. The number of nitrogens with zero attached hydrogens (tertiary/aromatic N) is 4. The second-order valence-electron chi connectivity index (χ2n) is 8.44. The molecule has 0 spiro atoms. The lowest BCUT2D eigenvalue weighted by molar-refractivity contribution is -0.114. The van der Waals surface area contributed by atoms with Crippen LogP contribution in [-0.4, -0.2) is 60.9 Å². The van der Waals surface area contributed by atoms with Gasteiger partial charge in [0.2, 0.25) is 5.91 Å². The largest absolute Gasteiger partial charge is 0.497 e. The van der Waals surface area contributed by atoms with Crippen LogP contribution in [0.3, 0.4) is 0 Å². The molecule has 3 aromatic rings. The summed E-state index contributed by atoms with van der Waals surface area (Å²) in [5.74, 6) is 2.63. The van der Waals surface area contributed by atoms with E-state index in [0.717, 1.165) is 47.8 Å². The molecule has 1 amide bonds. The van der Waals surface area contributed by atoms with Crippen LogP contribution in [0.1, 0.15) is 17.7 Å². The molecule has 0 radical (unpaired) electrons. The van der Waals surface area contributed by atoms with Crippen LogP contribution in [0.2, 0.25) is 0 Å². The molecule has 5 rings (SSSR count). The van der Waals surface area contributed by atoms with Crippen molar-refractivity contribution in [1.29, 1.82) is 0 Å². The lowest BCUT2D eigenvalue weighted by atomic mass is 10.2. The fourth-order valence-corrected chi connectivity index (χ4v) is 4.09. The second kappa shape index (κ2) is 9.64. The van der Waals surface area contributed by atoms with Crippen molar-refractivity contribution >= 4 is 17.4 Å². The van der Waals surface area contributed by atoms with Crippen LogP contribution in [0.4, 0.5) is 11.5 Å². The zero-order chi connectivity index (χ0) is 23.5. The van der Waals surface area contributed by atoms with Crippen LogP contribution < -0.4 is 19.7 Å². The van der Waals surface area contributed by atoms with Gasteiger partial charge in [-0.1, -0.05) is 0 Å². The number of hydrogen-bond acceptors (Lipinski definition) is 8. The maximum atomic E-state index is 12.7. The summed E-state index contributed by atoms with van der Waals surface area (Å²) in [7, 11) is 3.49. The van der Waals surface area contributed by atoms with Crippen molar-refractivity contribution in [2.75, 3.05) is 44.1 Å². The van der Waals surface area contributed by atoms with Gasteiger partial charge in [-0.3, -0.25) is 9.78 Å². The van der Waals surface area contributed by atoms with Gasteiger partial charge in [0, 0.05) is 36.3 Å². The van der Waals surface area contributed by atoms with E-state index in [2.05, 4.69) is 10.3 Å². The molecule has 1 saturated heterocycles. The fourth-order valence-electron chi connectivity index (χ4n) is 4.09. The second-order valence-corrected chi connectivity index (χ2v) is 8.44. The highest BCUT2D eigenvalue weighted by atomic mass is 16.6. The summed E-state index contributed by atoms with van der Waals surface area (Å²) in [6, 6.07) is 10.9. The first-order valence-electron chi connectivity index (χ1n) is 11.3. The number of amides is 1. The summed E-state index contributed by atoms with van der Waals surface area (Å²) in [6.07, 6.45) is 4.58. The van der Waals surface area contributed by atoms with Crippen molar-refractivity contribution in [2.24, 2.45) is 0 Å². The third-order valence-electron chi connectivity index (χ3n) is 5.90. The van der Waals surface area contributed by atoms with E-state index in [4.69, 9.17) is 24.2 Å². The molecule has 176 valence electrons. The Morgan fingerprint density at radius 3 is 2.71 bits per heavy atom. The fraction of sp³-hybridized carbons (Fsp3) is 0.360. The number of ether oxygens (including phenoxy) is 3. The molecular formula is C25H27N5O4. The van der Waals surface area contributed by atoms with E-state index in [-0.39, 0.29) is 18.6 Å². The van der Waals surface area contributed by atoms with E-state index in [0.29, 0.717) is 30.4 Å². The van der Waals surface area contributed by atoms with Crippen molar-refractivity contribution in [3.8, 4) is 23.0 Å². The SMILES string of the molecule is COc1ccc(NC(=O)CN(C)c2nc(-c3cc(OC4COC4)ccn3)nc3c2CCC3)cc1.